The molecule has 8 nitrogen and oxygen atoms in total. The average Bonchev–Trinajstić information content (AvgIpc) is 3.34. The molecule has 0 radical (unpaired) electrons. The Balaban J connectivity index is 1.67. The summed E-state index contributed by atoms with van der Waals surface area (Å²) in [6.45, 7) is 2.59. The first-order valence-corrected chi connectivity index (χ1v) is 11.9. The van der Waals surface area contributed by atoms with Crippen LogP contribution in [0.1, 0.15) is 6.92 Å². The summed E-state index contributed by atoms with van der Waals surface area (Å²) in [6.07, 6.45) is 3.65. The van der Waals surface area contributed by atoms with Gasteiger partial charge in [0.15, 0.2) is 17.1 Å². The number of aromatic nitrogens is 3. The SMILES string of the molecule is CCOc1ccc(-n2cc(-c3ccccc3)c3c(Nc4cc(OC)c(OC)c(OC)c4)ncnc32)cc1. The van der Waals surface area contributed by atoms with Crippen LogP contribution in [0.5, 0.6) is 23.0 Å². The minimum atomic E-state index is 0.523. The fraction of sp³-hybridized carbons (Fsp3) is 0.172. The Labute approximate surface area is 215 Å². The van der Waals surface area contributed by atoms with E-state index in [1.807, 2.05) is 61.5 Å². The highest BCUT2D eigenvalue weighted by Gasteiger charge is 2.19. The van der Waals surface area contributed by atoms with Gasteiger partial charge in [0, 0.05) is 35.3 Å². The lowest BCUT2D eigenvalue weighted by Crippen LogP contribution is -2.00. The smallest absolute Gasteiger partial charge is 0.203 e. The van der Waals surface area contributed by atoms with Crippen LogP contribution in [0.4, 0.5) is 11.5 Å². The largest absolute Gasteiger partial charge is 0.494 e. The lowest BCUT2D eigenvalue weighted by Gasteiger charge is -2.15. The highest BCUT2D eigenvalue weighted by atomic mass is 16.5. The number of fused-ring (bicyclic) bond motifs is 1. The summed E-state index contributed by atoms with van der Waals surface area (Å²) < 4.78 is 24.2. The number of hydrogen-bond donors (Lipinski definition) is 1. The molecule has 5 aromatic rings. The second-order valence-corrected chi connectivity index (χ2v) is 8.17. The Morgan fingerprint density at radius 2 is 1.54 bits per heavy atom. The Hall–Kier alpha value is -4.72. The fourth-order valence-electron chi connectivity index (χ4n) is 4.35. The molecule has 188 valence electrons. The van der Waals surface area contributed by atoms with Crippen LogP contribution in [0.25, 0.3) is 27.8 Å². The van der Waals surface area contributed by atoms with Crippen molar-refractivity contribution in [3.63, 3.8) is 0 Å². The maximum atomic E-state index is 5.62. The lowest BCUT2D eigenvalue weighted by molar-refractivity contribution is 0.324. The quantitative estimate of drug-likeness (QED) is 0.258. The molecule has 0 amide bonds. The van der Waals surface area contributed by atoms with Gasteiger partial charge in [0.2, 0.25) is 5.75 Å². The van der Waals surface area contributed by atoms with Gasteiger partial charge in [-0.05, 0) is 36.8 Å². The van der Waals surface area contributed by atoms with E-state index in [0.717, 1.165) is 39.3 Å². The fourth-order valence-corrected chi connectivity index (χ4v) is 4.35. The monoisotopic (exact) mass is 496 g/mol. The molecule has 0 unspecified atom stereocenters. The van der Waals surface area contributed by atoms with E-state index in [4.69, 9.17) is 18.9 Å². The molecule has 37 heavy (non-hydrogen) atoms. The van der Waals surface area contributed by atoms with Crippen LogP contribution in [0.15, 0.2) is 79.3 Å². The zero-order valence-corrected chi connectivity index (χ0v) is 21.2. The van der Waals surface area contributed by atoms with Gasteiger partial charge < -0.3 is 28.8 Å². The van der Waals surface area contributed by atoms with E-state index in [0.29, 0.717) is 29.7 Å². The van der Waals surface area contributed by atoms with Crippen LogP contribution in [0.2, 0.25) is 0 Å². The third kappa shape index (κ3) is 4.61. The molecule has 0 aliphatic carbocycles. The highest BCUT2D eigenvalue weighted by Crippen LogP contribution is 2.42. The molecule has 0 atom stereocenters. The number of ether oxygens (including phenoxy) is 4. The first kappa shape index (κ1) is 24.0. The number of hydrogen-bond acceptors (Lipinski definition) is 7. The number of rotatable bonds is 9. The number of methoxy groups -OCH3 is 3. The molecule has 1 N–H and O–H groups in total. The van der Waals surface area contributed by atoms with Gasteiger partial charge in [0.25, 0.3) is 0 Å². The zero-order chi connectivity index (χ0) is 25.8. The standard InChI is InChI=1S/C29H28N4O4/c1-5-37-22-13-11-21(12-14-22)33-17-23(19-9-7-6-8-10-19)26-28(30-18-31-29(26)33)32-20-15-24(34-2)27(36-4)25(16-20)35-3/h6-18H,5H2,1-4H3,(H,30,31,32). The van der Waals surface area contributed by atoms with Crippen molar-refractivity contribution in [2.45, 2.75) is 6.92 Å². The maximum Gasteiger partial charge on any atom is 0.203 e. The lowest BCUT2D eigenvalue weighted by atomic mass is 10.1. The van der Waals surface area contributed by atoms with Crippen molar-refractivity contribution in [3.8, 4) is 39.8 Å². The van der Waals surface area contributed by atoms with Crippen molar-refractivity contribution in [1.29, 1.82) is 0 Å². The van der Waals surface area contributed by atoms with Gasteiger partial charge in [0.05, 0.1) is 33.3 Å². The van der Waals surface area contributed by atoms with Crippen LogP contribution in [0, 0.1) is 0 Å². The number of nitrogens with one attached hydrogen (secondary N) is 1. The summed E-state index contributed by atoms with van der Waals surface area (Å²) in [7, 11) is 4.76. The molecular weight excluding hydrogens is 468 g/mol. The van der Waals surface area contributed by atoms with Gasteiger partial charge in [-0.25, -0.2) is 9.97 Å². The summed E-state index contributed by atoms with van der Waals surface area (Å²) >= 11 is 0. The van der Waals surface area contributed by atoms with E-state index in [-0.39, 0.29) is 0 Å². The second-order valence-electron chi connectivity index (χ2n) is 8.17. The van der Waals surface area contributed by atoms with Gasteiger partial charge in [0.1, 0.15) is 17.9 Å². The van der Waals surface area contributed by atoms with Gasteiger partial charge >= 0.3 is 0 Å². The average molecular weight is 497 g/mol. The molecule has 0 fully saturated rings. The molecular formula is C29H28N4O4. The molecule has 3 aromatic carbocycles. The van der Waals surface area contributed by atoms with Gasteiger partial charge in [-0.2, -0.15) is 0 Å². The molecule has 0 bridgehead atoms. The Morgan fingerprint density at radius 1 is 0.838 bits per heavy atom. The first-order chi connectivity index (χ1) is 18.2. The minimum Gasteiger partial charge on any atom is -0.494 e. The Bertz CT molecular complexity index is 1490. The normalized spacial score (nSPS) is 10.8. The second kappa shape index (κ2) is 10.5. The molecule has 0 aliphatic heterocycles. The summed E-state index contributed by atoms with van der Waals surface area (Å²) in [6, 6.07) is 21.9. The number of anilines is 2. The predicted molar refractivity (Wildman–Crippen MR) is 145 cm³/mol. The highest BCUT2D eigenvalue weighted by molar-refractivity contribution is 6.03. The van der Waals surface area contributed by atoms with E-state index in [1.165, 1.54) is 0 Å². The van der Waals surface area contributed by atoms with E-state index in [2.05, 4.69) is 38.2 Å². The van der Waals surface area contributed by atoms with Crippen LogP contribution in [-0.2, 0) is 0 Å². The summed E-state index contributed by atoms with van der Waals surface area (Å²) in [4.78, 5) is 9.29. The Morgan fingerprint density at radius 3 is 2.16 bits per heavy atom. The summed E-state index contributed by atoms with van der Waals surface area (Å²) in [5.74, 6) is 3.10. The Kier molecular flexibility index (Phi) is 6.81. The van der Waals surface area contributed by atoms with Crippen LogP contribution in [0.3, 0.4) is 0 Å². The van der Waals surface area contributed by atoms with Gasteiger partial charge in [-0.1, -0.05) is 30.3 Å². The number of benzene rings is 3. The van der Waals surface area contributed by atoms with Crippen molar-refractivity contribution < 1.29 is 18.9 Å². The summed E-state index contributed by atoms with van der Waals surface area (Å²) in [5.41, 5.74) is 4.53. The van der Waals surface area contributed by atoms with E-state index >= 15 is 0 Å². The van der Waals surface area contributed by atoms with E-state index in [9.17, 15) is 0 Å². The molecule has 2 aromatic heterocycles. The van der Waals surface area contributed by atoms with Crippen molar-refractivity contribution in [2.75, 3.05) is 33.3 Å². The molecule has 0 saturated carbocycles. The molecule has 8 heteroatoms. The summed E-state index contributed by atoms with van der Waals surface area (Å²) in [5, 5.41) is 4.33. The van der Waals surface area contributed by atoms with Gasteiger partial charge in [-0.15, -0.1) is 0 Å². The van der Waals surface area contributed by atoms with Crippen molar-refractivity contribution >= 4 is 22.5 Å². The third-order valence-electron chi connectivity index (χ3n) is 6.02. The molecule has 0 spiro atoms. The molecule has 5 rings (SSSR count). The minimum absolute atomic E-state index is 0.523. The number of nitrogens with zero attached hydrogens (tertiary/aromatic N) is 3. The van der Waals surface area contributed by atoms with Crippen LogP contribution >= 0.6 is 0 Å². The topological polar surface area (TPSA) is 79.7 Å². The third-order valence-corrected chi connectivity index (χ3v) is 6.02. The van der Waals surface area contributed by atoms with Crippen molar-refractivity contribution in [1.82, 2.24) is 14.5 Å². The maximum absolute atomic E-state index is 5.62. The van der Waals surface area contributed by atoms with Crippen molar-refractivity contribution in [3.05, 3.63) is 79.3 Å². The van der Waals surface area contributed by atoms with E-state index in [1.54, 1.807) is 27.7 Å². The predicted octanol–water partition coefficient (Wildman–Crippen LogP) is 6.26. The zero-order valence-electron chi connectivity index (χ0n) is 21.2. The van der Waals surface area contributed by atoms with Crippen molar-refractivity contribution in [2.24, 2.45) is 0 Å². The van der Waals surface area contributed by atoms with Crippen LogP contribution < -0.4 is 24.3 Å². The molecule has 2 heterocycles. The molecule has 0 aliphatic rings. The first-order valence-electron chi connectivity index (χ1n) is 11.9. The van der Waals surface area contributed by atoms with Crippen LogP contribution in [-0.4, -0.2) is 42.5 Å². The van der Waals surface area contributed by atoms with Gasteiger partial charge in [-0.3, -0.25) is 0 Å². The molecule has 0 saturated heterocycles. The van der Waals surface area contributed by atoms with E-state index < -0.39 is 0 Å².